The lowest BCUT2D eigenvalue weighted by Crippen LogP contribution is -2.39. The van der Waals surface area contributed by atoms with Crippen LogP contribution in [0.2, 0.25) is 5.02 Å². The van der Waals surface area contributed by atoms with Gasteiger partial charge in [-0.25, -0.2) is 4.79 Å². The molecule has 0 spiro atoms. The SMILES string of the molecule is C[C@H]1Cc2ccccc2N1C(=O)COC(=O)COc1cccc(Cl)c1. The maximum atomic E-state index is 12.4. The van der Waals surface area contributed by atoms with E-state index in [0.717, 1.165) is 17.7 Å². The molecule has 130 valence electrons. The Morgan fingerprint density at radius 3 is 2.76 bits per heavy atom. The summed E-state index contributed by atoms with van der Waals surface area (Å²) in [7, 11) is 0. The normalized spacial score (nSPS) is 15.6. The van der Waals surface area contributed by atoms with Gasteiger partial charge in [-0.3, -0.25) is 4.79 Å². The molecule has 0 aliphatic carbocycles. The first kappa shape index (κ1) is 17.3. The summed E-state index contributed by atoms with van der Waals surface area (Å²) in [6.07, 6.45) is 0.799. The number of anilines is 1. The predicted molar refractivity (Wildman–Crippen MR) is 95.0 cm³/mol. The van der Waals surface area contributed by atoms with Crippen LogP contribution in [0.25, 0.3) is 0 Å². The highest BCUT2D eigenvalue weighted by molar-refractivity contribution is 6.30. The third-order valence-corrected chi connectivity index (χ3v) is 4.22. The summed E-state index contributed by atoms with van der Waals surface area (Å²) < 4.78 is 10.3. The number of fused-ring (bicyclic) bond motifs is 1. The number of amides is 1. The molecule has 3 rings (SSSR count). The molecule has 0 radical (unpaired) electrons. The van der Waals surface area contributed by atoms with Crippen molar-refractivity contribution in [1.29, 1.82) is 0 Å². The van der Waals surface area contributed by atoms with Crippen molar-refractivity contribution in [1.82, 2.24) is 0 Å². The van der Waals surface area contributed by atoms with Crippen molar-refractivity contribution in [3.63, 3.8) is 0 Å². The van der Waals surface area contributed by atoms with Crippen LogP contribution >= 0.6 is 11.6 Å². The van der Waals surface area contributed by atoms with Crippen molar-refractivity contribution in [2.45, 2.75) is 19.4 Å². The fourth-order valence-corrected chi connectivity index (χ4v) is 3.08. The van der Waals surface area contributed by atoms with E-state index in [-0.39, 0.29) is 25.2 Å². The zero-order chi connectivity index (χ0) is 17.8. The number of nitrogens with zero attached hydrogens (tertiary/aromatic N) is 1. The van der Waals surface area contributed by atoms with E-state index in [1.807, 2.05) is 31.2 Å². The molecule has 1 aliphatic heterocycles. The van der Waals surface area contributed by atoms with Crippen molar-refractivity contribution in [2.24, 2.45) is 0 Å². The highest BCUT2D eigenvalue weighted by atomic mass is 35.5. The summed E-state index contributed by atoms with van der Waals surface area (Å²) in [5.41, 5.74) is 2.00. The highest BCUT2D eigenvalue weighted by Crippen LogP contribution is 2.31. The lowest BCUT2D eigenvalue weighted by atomic mass is 10.1. The second-order valence-electron chi connectivity index (χ2n) is 5.85. The molecule has 0 N–H and O–H groups in total. The number of carbonyl (C=O) groups is 2. The fraction of sp³-hybridized carbons (Fsp3) is 0.263. The Balaban J connectivity index is 1.51. The summed E-state index contributed by atoms with van der Waals surface area (Å²) in [6, 6.07) is 14.5. The minimum Gasteiger partial charge on any atom is -0.482 e. The van der Waals surface area contributed by atoms with E-state index in [9.17, 15) is 9.59 Å². The maximum Gasteiger partial charge on any atom is 0.344 e. The van der Waals surface area contributed by atoms with Crippen LogP contribution in [-0.2, 0) is 20.7 Å². The Kier molecular flexibility index (Phi) is 5.24. The van der Waals surface area contributed by atoms with E-state index in [2.05, 4.69) is 0 Å². The number of hydrogen-bond donors (Lipinski definition) is 0. The van der Waals surface area contributed by atoms with E-state index in [1.165, 1.54) is 0 Å². The largest absolute Gasteiger partial charge is 0.482 e. The lowest BCUT2D eigenvalue weighted by Gasteiger charge is -2.22. The van der Waals surface area contributed by atoms with Crippen LogP contribution in [0.5, 0.6) is 5.75 Å². The molecule has 25 heavy (non-hydrogen) atoms. The van der Waals surface area contributed by atoms with E-state index in [1.54, 1.807) is 29.2 Å². The topological polar surface area (TPSA) is 55.8 Å². The van der Waals surface area contributed by atoms with E-state index in [0.29, 0.717) is 10.8 Å². The second kappa shape index (κ2) is 7.57. The number of rotatable bonds is 5. The Morgan fingerprint density at radius 2 is 1.96 bits per heavy atom. The average molecular weight is 360 g/mol. The minimum absolute atomic E-state index is 0.0475. The molecule has 0 fully saturated rings. The molecule has 0 aromatic heterocycles. The predicted octanol–water partition coefficient (Wildman–Crippen LogP) is 3.24. The van der Waals surface area contributed by atoms with Crippen LogP contribution in [0.1, 0.15) is 12.5 Å². The first-order valence-electron chi connectivity index (χ1n) is 7.98. The fourth-order valence-electron chi connectivity index (χ4n) is 2.90. The van der Waals surface area contributed by atoms with Gasteiger partial charge in [-0.15, -0.1) is 0 Å². The number of carbonyl (C=O) groups excluding carboxylic acids is 2. The van der Waals surface area contributed by atoms with Gasteiger partial charge in [0.25, 0.3) is 5.91 Å². The summed E-state index contributed by atoms with van der Waals surface area (Å²) in [5, 5.41) is 0.516. The number of esters is 1. The minimum atomic E-state index is -0.603. The Labute approximate surface area is 151 Å². The van der Waals surface area contributed by atoms with Gasteiger partial charge in [0.05, 0.1) is 0 Å². The van der Waals surface area contributed by atoms with Gasteiger partial charge in [-0.1, -0.05) is 35.9 Å². The van der Waals surface area contributed by atoms with Crippen LogP contribution in [-0.4, -0.2) is 31.1 Å². The first-order chi connectivity index (χ1) is 12.0. The van der Waals surface area contributed by atoms with Gasteiger partial charge in [0.1, 0.15) is 5.75 Å². The summed E-state index contributed by atoms with van der Waals surface area (Å²) in [5.74, 6) is -0.375. The van der Waals surface area contributed by atoms with E-state index in [4.69, 9.17) is 21.1 Å². The number of hydrogen-bond acceptors (Lipinski definition) is 4. The van der Waals surface area contributed by atoms with Crippen molar-refractivity contribution in [3.8, 4) is 5.75 Å². The summed E-state index contributed by atoms with van der Waals surface area (Å²) in [4.78, 5) is 25.9. The van der Waals surface area contributed by atoms with Gasteiger partial charge in [-0.05, 0) is 43.2 Å². The molecule has 2 aromatic carbocycles. The molecule has 1 heterocycles. The monoisotopic (exact) mass is 359 g/mol. The van der Waals surface area contributed by atoms with Gasteiger partial charge < -0.3 is 14.4 Å². The van der Waals surface area contributed by atoms with E-state index >= 15 is 0 Å². The number of benzene rings is 2. The third kappa shape index (κ3) is 4.12. The Bertz CT molecular complexity index is 792. The van der Waals surface area contributed by atoms with Crippen molar-refractivity contribution in [2.75, 3.05) is 18.1 Å². The molecule has 1 aliphatic rings. The Morgan fingerprint density at radius 1 is 1.16 bits per heavy atom. The van der Waals surface area contributed by atoms with Crippen molar-refractivity contribution < 1.29 is 19.1 Å². The van der Waals surface area contributed by atoms with Crippen LogP contribution in [0.15, 0.2) is 48.5 Å². The number of ether oxygens (including phenoxy) is 2. The molecule has 5 nitrogen and oxygen atoms in total. The highest BCUT2D eigenvalue weighted by Gasteiger charge is 2.30. The zero-order valence-corrected chi connectivity index (χ0v) is 14.5. The van der Waals surface area contributed by atoms with Gasteiger partial charge in [0.2, 0.25) is 0 Å². The molecule has 1 atom stereocenters. The molecule has 0 bridgehead atoms. The van der Waals surface area contributed by atoms with E-state index < -0.39 is 5.97 Å². The van der Waals surface area contributed by atoms with Crippen LogP contribution < -0.4 is 9.64 Å². The van der Waals surface area contributed by atoms with Gasteiger partial charge in [0, 0.05) is 16.8 Å². The standard InChI is InChI=1S/C19H18ClNO4/c1-13-9-14-5-2-3-8-17(14)21(13)18(22)11-25-19(23)12-24-16-7-4-6-15(20)10-16/h2-8,10,13H,9,11-12H2,1H3/t13-/m0/s1. The van der Waals surface area contributed by atoms with Crippen LogP contribution in [0, 0.1) is 0 Å². The Hall–Kier alpha value is -2.53. The van der Waals surface area contributed by atoms with Gasteiger partial charge >= 0.3 is 5.97 Å². The molecular formula is C19H18ClNO4. The number of para-hydroxylation sites is 1. The van der Waals surface area contributed by atoms with Gasteiger partial charge in [0.15, 0.2) is 13.2 Å². The molecule has 2 aromatic rings. The average Bonchev–Trinajstić information content (AvgIpc) is 2.93. The summed E-state index contributed by atoms with van der Waals surface area (Å²) in [6.45, 7) is 1.39. The zero-order valence-electron chi connectivity index (χ0n) is 13.8. The quantitative estimate of drug-likeness (QED) is 0.769. The lowest BCUT2D eigenvalue weighted by molar-refractivity contribution is -0.149. The molecule has 1 amide bonds. The molecule has 0 unspecified atom stereocenters. The summed E-state index contributed by atoms with van der Waals surface area (Å²) >= 11 is 5.84. The van der Waals surface area contributed by atoms with Crippen LogP contribution in [0.4, 0.5) is 5.69 Å². The molecule has 0 saturated carbocycles. The number of halogens is 1. The van der Waals surface area contributed by atoms with Crippen molar-refractivity contribution >= 4 is 29.2 Å². The molecule has 6 heteroatoms. The van der Waals surface area contributed by atoms with Gasteiger partial charge in [-0.2, -0.15) is 0 Å². The van der Waals surface area contributed by atoms with Crippen molar-refractivity contribution in [3.05, 3.63) is 59.1 Å². The molecular weight excluding hydrogens is 342 g/mol. The molecule has 0 saturated heterocycles. The third-order valence-electron chi connectivity index (χ3n) is 3.99. The van der Waals surface area contributed by atoms with Crippen LogP contribution in [0.3, 0.4) is 0 Å². The smallest absolute Gasteiger partial charge is 0.344 e. The first-order valence-corrected chi connectivity index (χ1v) is 8.36. The maximum absolute atomic E-state index is 12.4. The second-order valence-corrected chi connectivity index (χ2v) is 6.29.